The van der Waals surface area contributed by atoms with E-state index in [4.69, 9.17) is 0 Å². The fraction of sp³-hybridized carbons (Fsp3) is 0.625. The van der Waals surface area contributed by atoms with Crippen molar-refractivity contribution in [2.75, 3.05) is 26.2 Å². The van der Waals surface area contributed by atoms with Gasteiger partial charge in [-0.1, -0.05) is 26.2 Å². The highest BCUT2D eigenvalue weighted by atomic mass is 19.1. The van der Waals surface area contributed by atoms with Crippen LogP contribution in [-0.2, 0) is 0 Å². The van der Waals surface area contributed by atoms with Crippen LogP contribution in [0, 0.1) is 15.9 Å². The molecule has 122 valence electrons. The summed E-state index contributed by atoms with van der Waals surface area (Å²) in [5, 5.41) is 14.6. The summed E-state index contributed by atoms with van der Waals surface area (Å²) in [5.74, 6) is -0.553. The molecule has 1 aliphatic rings. The maximum absolute atomic E-state index is 13.4. The number of nitro benzene ring substituents is 1. The Balaban J connectivity index is 2.28. The molecule has 0 spiro atoms. The van der Waals surface area contributed by atoms with Gasteiger partial charge in [0.25, 0.3) is 5.69 Å². The third kappa shape index (κ3) is 4.24. The topological polar surface area (TPSA) is 58.4 Å². The highest BCUT2D eigenvalue weighted by molar-refractivity contribution is 5.42. The maximum Gasteiger partial charge on any atom is 0.277 e. The van der Waals surface area contributed by atoms with Crippen LogP contribution in [0.3, 0.4) is 0 Å². The second kappa shape index (κ2) is 8.19. The summed E-state index contributed by atoms with van der Waals surface area (Å²) in [5.41, 5.74) is 0.546. The van der Waals surface area contributed by atoms with E-state index >= 15 is 0 Å². The number of benzene rings is 1. The largest absolute Gasteiger partial charge is 0.314 e. The van der Waals surface area contributed by atoms with Crippen LogP contribution in [0.5, 0.6) is 0 Å². The standard InChI is InChI=1S/C16H24FN3O2/c1-2-3-4-5-15(19-10-8-18-9-11-19)14-7-6-13(17)12-16(14)20(21)22/h6-7,12,15,18H,2-5,8-11H2,1H3/t15-/m1/s1. The van der Waals surface area contributed by atoms with Gasteiger partial charge in [-0.15, -0.1) is 0 Å². The first-order valence-corrected chi connectivity index (χ1v) is 8.02. The van der Waals surface area contributed by atoms with Crippen molar-refractivity contribution in [3.05, 3.63) is 39.7 Å². The molecule has 1 fully saturated rings. The van der Waals surface area contributed by atoms with Gasteiger partial charge in [0.1, 0.15) is 5.82 Å². The van der Waals surface area contributed by atoms with E-state index in [-0.39, 0.29) is 11.7 Å². The average Bonchev–Trinajstić information content (AvgIpc) is 2.53. The lowest BCUT2D eigenvalue weighted by atomic mass is 9.96. The van der Waals surface area contributed by atoms with E-state index in [1.807, 2.05) is 0 Å². The molecule has 1 N–H and O–H groups in total. The van der Waals surface area contributed by atoms with Crippen molar-refractivity contribution in [3.63, 3.8) is 0 Å². The lowest BCUT2D eigenvalue weighted by Gasteiger charge is -2.35. The summed E-state index contributed by atoms with van der Waals surface area (Å²) in [6.07, 6.45) is 4.12. The molecule has 0 aromatic heterocycles. The molecule has 2 rings (SSSR count). The van der Waals surface area contributed by atoms with Crippen LogP contribution in [-0.4, -0.2) is 36.0 Å². The zero-order valence-electron chi connectivity index (χ0n) is 13.1. The number of nitro groups is 1. The highest BCUT2D eigenvalue weighted by Crippen LogP contribution is 2.33. The van der Waals surface area contributed by atoms with Crippen molar-refractivity contribution >= 4 is 5.69 Å². The average molecular weight is 309 g/mol. The van der Waals surface area contributed by atoms with Gasteiger partial charge in [-0.05, 0) is 18.6 Å². The van der Waals surface area contributed by atoms with E-state index in [1.165, 1.54) is 6.07 Å². The first kappa shape index (κ1) is 16.8. The summed E-state index contributed by atoms with van der Waals surface area (Å²) in [6.45, 7) is 5.65. The van der Waals surface area contributed by atoms with Crippen LogP contribution in [0.1, 0.15) is 44.2 Å². The van der Waals surface area contributed by atoms with Crippen molar-refractivity contribution < 1.29 is 9.31 Å². The number of unbranched alkanes of at least 4 members (excludes halogenated alkanes) is 2. The Bertz CT molecular complexity index is 504. The van der Waals surface area contributed by atoms with Crippen LogP contribution < -0.4 is 5.32 Å². The molecule has 0 bridgehead atoms. The fourth-order valence-electron chi connectivity index (χ4n) is 3.07. The third-order valence-electron chi connectivity index (χ3n) is 4.22. The lowest BCUT2D eigenvalue weighted by Crippen LogP contribution is -2.45. The number of nitrogens with zero attached hydrogens (tertiary/aromatic N) is 2. The van der Waals surface area contributed by atoms with Crippen LogP contribution >= 0.6 is 0 Å². The van der Waals surface area contributed by atoms with E-state index in [9.17, 15) is 14.5 Å². The molecule has 0 radical (unpaired) electrons. The molecule has 1 aliphatic heterocycles. The highest BCUT2D eigenvalue weighted by Gasteiger charge is 2.28. The van der Waals surface area contributed by atoms with E-state index in [2.05, 4.69) is 17.1 Å². The van der Waals surface area contributed by atoms with Gasteiger partial charge in [0.05, 0.1) is 11.0 Å². The molecule has 1 saturated heterocycles. The van der Waals surface area contributed by atoms with Crippen molar-refractivity contribution in [2.24, 2.45) is 0 Å². The monoisotopic (exact) mass is 309 g/mol. The number of hydrogen-bond donors (Lipinski definition) is 1. The SMILES string of the molecule is CCCCC[C@H](c1ccc(F)cc1[N+](=O)[O-])N1CCNCC1. The molecule has 0 aliphatic carbocycles. The molecule has 1 atom stereocenters. The number of hydrogen-bond acceptors (Lipinski definition) is 4. The summed E-state index contributed by atoms with van der Waals surface area (Å²) in [7, 11) is 0. The smallest absolute Gasteiger partial charge is 0.277 e. The van der Waals surface area contributed by atoms with Crippen LogP contribution in [0.4, 0.5) is 10.1 Å². The van der Waals surface area contributed by atoms with Gasteiger partial charge in [0.2, 0.25) is 0 Å². The van der Waals surface area contributed by atoms with Gasteiger partial charge in [0, 0.05) is 37.8 Å². The van der Waals surface area contributed by atoms with Crippen molar-refractivity contribution in [3.8, 4) is 0 Å². The summed E-state index contributed by atoms with van der Waals surface area (Å²) in [6, 6.07) is 3.96. The number of piperazine rings is 1. The zero-order valence-corrected chi connectivity index (χ0v) is 13.1. The van der Waals surface area contributed by atoms with Crippen LogP contribution in [0.2, 0.25) is 0 Å². The second-order valence-electron chi connectivity index (χ2n) is 5.76. The molecule has 0 saturated carbocycles. The molecular weight excluding hydrogens is 285 g/mol. The zero-order chi connectivity index (χ0) is 15.9. The van der Waals surface area contributed by atoms with Gasteiger partial charge >= 0.3 is 0 Å². The first-order valence-electron chi connectivity index (χ1n) is 8.02. The van der Waals surface area contributed by atoms with Crippen LogP contribution in [0.25, 0.3) is 0 Å². The molecule has 1 heterocycles. The fourth-order valence-corrected chi connectivity index (χ4v) is 3.07. The normalized spacial score (nSPS) is 17.4. The predicted molar refractivity (Wildman–Crippen MR) is 84.4 cm³/mol. The third-order valence-corrected chi connectivity index (χ3v) is 4.22. The second-order valence-corrected chi connectivity index (χ2v) is 5.76. The maximum atomic E-state index is 13.4. The van der Waals surface area contributed by atoms with E-state index < -0.39 is 10.7 Å². The minimum absolute atomic E-state index is 0.00495. The van der Waals surface area contributed by atoms with Gasteiger partial charge in [-0.2, -0.15) is 0 Å². The predicted octanol–water partition coefficient (Wildman–Crippen LogP) is 3.26. The molecule has 1 aromatic rings. The Morgan fingerprint density at radius 3 is 2.73 bits per heavy atom. The van der Waals surface area contributed by atoms with Crippen molar-refractivity contribution in [1.82, 2.24) is 10.2 Å². The van der Waals surface area contributed by atoms with E-state index in [0.717, 1.165) is 57.9 Å². The van der Waals surface area contributed by atoms with Crippen molar-refractivity contribution in [1.29, 1.82) is 0 Å². The molecule has 5 nitrogen and oxygen atoms in total. The van der Waals surface area contributed by atoms with Gasteiger partial charge in [-0.3, -0.25) is 15.0 Å². The number of rotatable bonds is 7. The first-order chi connectivity index (χ1) is 10.6. The van der Waals surface area contributed by atoms with E-state index in [0.29, 0.717) is 5.56 Å². The minimum Gasteiger partial charge on any atom is -0.314 e. The molecule has 6 heteroatoms. The molecule has 0 amide bonds. The molecule has 22 heavy (non-hydrogen) atoms. The Hall–Kier alpha value is -1.53. The van der Waals surface area contributed by atoms with Gasteiger partial charge in [0.15, 0.2) is 0 Å². The number of halogens is 1. The molecule has 0 unspecified atom stereocenters. The Morgan fingerprint density at radius 1 is 1.36 bits per heavy atom. The molecular formula is C16H24FN3O2. The minimum atomic E-state index is -0.553. The quantitative estimate of drug-likeness (QED) is 0.477. The summed E-state index contributed by atoms with van der Waals surface area (Å²) < 4.78 is 13.4. The summed E-state index contributed by atoms with van der Waals surface area (Å²) in [4.78, 5) is 13.1. The Kier molecular flexibility index (Phi) is 6.27. The molecule has 1 aromatic carbocycles. The van der Waals surface area contributed by atoms with E-state index in [1.54, 1.807) is 6.07 Å². The summed E-state index contributed by atoms with van der Waals surface area (Å²) >= 11 is 0. The van der Waals surface area contributed by atoms with Gasteiger partial charge < -0.3 is 5.32 Å². The Labute approximate surface area is 130 Å². The van der Waals surface area contributed by atoms with Crippen LogP contribution in [0.15, 0.2) is 18.2 Å². The van der Waals surface area contributed by atoms with Gasteiger partial charge in [-0.25, -0.2) is 4.39 Å². The number of nitrogens with one attached hydrogen (secondary N) is 1. The lowest BCUT2D eigenvalue weighted by molar-refractivity contribution is -0.386. The Morgan fingerprint density at radius 2 is 2.09 bits per heavy atom. The van der Waals surface area contributed by atoms with Crippen molar-refractivity contribution in [2.45, 2.75) is 38.6 Å².